The number of esters is 1. The topological polar surface area (TPSA) is 68.7 Å². The summed E-state index contributed by atoms with van der Waals surface area (Å²) in [5.74, 6) is -0.124. The number of ether oxygens (including phenoxy) is 2. The lowest BCUT2D eigenvalue weighted by atomic mass is 10.2. The first kappa shape index (κ1) is 22.4. The Morgan fingerprint density at radius 2 is 1.94 bits per heavy atom. The average molecular weight is 469 g/mol. The standard InChI is InChI=1S/C24H24N2O4S2/c1-16-11-12-26(21-5-3-4-6-22(21)32-16)23(27)14-30-24(28)18-7-9-20(10-8-18)29-13-19-15-31-17(2)25-19/h3-10,15-16H,11-14H2,1-2H3. The van der Waals surface area contributed by atoms with Crippen LogP contribution in [0.2, 0.25) is 0 Å². The lowest BCUT2D eigenvalue weighted by molar-refractivity contribution is -0.121. The number of thiazole rings is 1. The van der Waals surface area contributed by atoms with Crippen molar-refractivity contribution in [2.75, 3.05) is 18.1 Å². The van der Waals surface area contributed by atoms with Gasteiger partial charge in [0.2, 0.25) is 0 Å². The van der Waals surface area contributed by atoms with Gasteiger partial charge in [-0.2, -0.15) is 0 Å². The summed E-state index contributed by atoms with van der Waals surface area (Å²) in [5.41, 5.74) is 2.12. The van der Waals surface area contributed by atoms with Crippen molar-refractivity contribution in [1.82, 2.24) is 4.98 Å². The van der Waals surface area contributed by atoms with Gasteiger partial charge in [0.1, 0.15) is 12.4 Å². The molecular formula is C24H24N2O4S2. The molecule has 1 aliphatic heterocycles. The molecule has 8 heteroatoms. The molecule has 0 fully saturated rings. The molecule has 0 bridgehead atoms. The number of carbonyl (C=O) groups is 2. The molecule has 0 saturated heterocycles. The zero-order chi connectivity index (χ0) is 22.5. The van der Waals surface area contributed by atoms with E-state index in [0.717, 1.165) is 27.7 Å². The summed E-state index contributed by atoms with van der Waals surface area (Å²) in [7, 11) is 0. The molecular weight excluding hydrogens is 444 g/mol. The van der Waals surface area contributed by atoms with E-state index in [0.29, 0.717) is 29.7 Å². The second-order valence-corrected chi connectivity index (χ2v) is 10.0. The van der Waals surface area contributed by atoms with E-state index >= 15 is 0 Å². The zero-order valence-electron chi connectivity index (χ0n) is 17.9. The number of thioether (sulfide) groups is 1. The average Bonchev–Trinajstić information content (AvgIpc) is 3.14. The third kappa shape index (κ3) is 5.49. The molecule has 4 rings (SSSR count). The van der Waals surface area contributed by atoms with Crippen molar-refractivity contribution in [1.29, 1.82) is 0 Å². The number of hydrogen-bond donors (Lipinski definition) is 0. The summed E-state index contributed by atoms with van der Waals surface area (Å²) in [6.07, 6.45) is 0.876. The van der Waals surface area contributed by atoms with Gasteiger partial charge in [0.05, 0.1) is 22.0 Å². The summed E-state index contributed by atoms with van der Waals surface area (Å²) < 4.78 is 11.0. The smallest absolute Gasteiger partial charge is 0.338 e. The van der Waals surface area contributed by atoms with Crippen LogP contribution in [0.5, 0.6) is 5.75 Å². The minimum Gasteiger partial charge on any atom is -0.487 e. The highest BCUT2D eigenvalue weighted by Gasteiger charge is 2.25. The quantitative estimate of drug-likeness (QED) is 0.469. The van der Waals surface area contributed by atoms with Crippen molar-refractivity contribution < 1.29 is 19.1 Å². The van der Waals surface area contributed by atoms with Crippen LogP contribution < -0.4 is 9.64 Å². The fourth-order valence-electron chi connectivity index (χ4n) is 3.35. The van der Waals surface area contributed by atoms with Gasteiger partial charge in [-0.15, -0.1) is 23.1 Å². The minimum absolute atomic E-state index is 0.223. The molecule has 6 nitrogen and oxygen atoms in total. The van der Waals surface area contributed by atoms with Crippen molar-refractivity contribution >= 4 is 40.7 Å². The Morgan fingerprint density at radius 1 is 1.16 bits per heavy atom. The third-order valence-electron chi connectivity index (χ3n) is 5.01. The first-order chi connectivity index (χ1) is 15.5. The first-order valence-corrected chi connectivity index (χ1v) is 12.1. The van der Waals surface area contributed by atoms with Gasteiger partial charge in [0.15, 0.2) is 6.61 Å². The normalized spacial score (nSPS) is 15.6. The maximum atomic E-state index is 12.8. The molecule has 166 valence electrons. The van der Waals surface area contributed by atoms with Gasteiger partial charge in [-0.05, 0) is 49.7 Å². The molecule has 32 heavy (non-hydrogen) atoms. The van der Waals surface area contributed by atoms with Crippen LogP contribution in [0, 0.1) is 6.92 Å². The largest absolute Gasteiger partial charge is 0.487 e. The van der Waals surface area contributed by atoms with E-state index in [9.17, 15) is 9.59 Å². The number of nitrogens with zero attached hydrogens (tertiary/aromatic N) is 2. The summed E-state index contributed by atoms with van der Waals surface area (Å²) >= 11 is 3.34. The number of amides is 1. The number of anilines is 1. The van der Waals surface area contributed by atoms with Gasteiger partial charge in [-0.1, -0.05) is 19.1 Å². The van der Waals surface area contributed by atoms with Gasteiger partial charge >= 0.3 is 5.97 Å². The Kier molecular flexibility index (Phi) is 7.12. The molecule has 0 aliphatic carbocycles. The molecule has 3 aromatic rings. The number of rotatable bonds is 6. The van der Waals surface area contributed by atoms with Gasteiger partial charge in [0, 0.05) is 22.1 Å². The van der Waals surface area contributed by atoms with E-state index in [4.69, 9.17) is 9.47 Å². The highest BCUT2D eigenvalue weighted by atomic mass is 32.2. The maximum Gasteiger partial charge on any atom is 0.338 e. The second-order valence-electron chi connectivity index (χ2n) is 7.48. The fourth-order valence-corrected chi connectivity index (χ4v) is 5.06. The Morgan fingerprint density at radius 3 is 2.69 bits per heavy atom. The molecule has 2 aromatic carbocycles. The van der Waals surface area contributed by atoms with E-state index in [1.54, 1.807) is 52.3 Å². The number of fused-ring (bicyclic) bond motifs is 1. The molecule has 0 saturated carbocycles. The number of para-hydroxylation sites is 1. The van der Waals surface area contributed by atoms with Crippen LogP contribution in [0.15, 0.2) is 58.8 Å². The lowest BCUT2D eigenvalue weighted by Crippen LogP contribution is -2.35. The number of aryl methyl sites for hydroxylation is 1. The predicted octanol–water partition coefficient (Wildman–Crippen LogP) is 5.10. The van der Waals surface area contributed by atoms with Crippen molar-refractivity contribution in [3.8, 4) is 5.75 Å². The van der Waals surface area contributed by atoms with Crippen LogP contribution >= 0.6 is 23.1 Å². The Labute approximate surface area is 195 Å². The summed E-state index contributed by atoms with van der Waals surface area (Å²) in [6, 6.07) is 14.5. The summed E-state index contributed by atoms with van der Waals surface area (Å²) in [4.78, 5) is 32.4. The van der Waals surface area contributed by atoms with Gasteiger partial charge in [-0.3, -0.25) is 4.79 Å². The molecule has 0 N–H and O–H groups in total. The SMILES string of the molecule is Cc1nc(COc2ccc(C(=O)OCC(=O)N3CCC(C)Sc4ccccc43)cc2)cs1. The molecule has 0 radical (unpaired) electrons. The predicted molar refractivity (Wildman–Crippen MR) is 127 cm³/mol. The van der Waals surface area contributed by atoms with Crippen LogP contribution in [0.4, 0.5) is 5.69 Å². The molecule has 1 unspecified atom stereocenters. The van der Waals surface area contributed by atoms with E-state index in [1.807, 2.05) is 36.6 Å². The number of benzene rings is 2. The molecule has 1 aliphatic rings. The van der Waals surface area contributed by atoms with Crippen molar-refractivity contribution in [3.63, 3.8) is 0 Å². The number of carbonyl (C=O) groups excluding carboxylic acids is 2. The second kappa shape index (κ2) is 10.2. The Bertz CT molecular complexity index is 1100. The molecule has 1 aromatic heterocycles. The molecule has 0 spiro atoms. The van der Waals surface area contributed by atoms with Gasteiger partial charge in [-0.25, -0.2) is 9.78 Å². The summed E-state index contributed by atoms with van der Waals surface area (Å²) in [6.45, 7) is 4.78. The highest BCUT2D eigenvalue weighted by Crippen LogP contribution is 2.37. The third-order valence-corrected chi connectivity index (χ3v) is 7.07. The number of hydrogen-bond acceptors (Lipinski definition) is 7. The Hall–Kier alpha value is -2.84. The first-order valence-electron chi connectivity index (χ1n) is 10.4. The van der Waals surface area contributed by atoms with Crippen molar-refractivity contribution in [2.45, 2.75) is 37.0 Å². The number of aromatic nitrogens is 1. The van der Waals surface area contributed by atoms with E-state index in [-0.39, 0.29) is 12.5 Å². The van der Waals surface area contributed by atoms with Gasteiger partial charge < -0.3 is 14.4 Å². The van der Waals surface area contributed by atoms with Crippen LogP contribution in [0.3, 0.4) is 0 Å². The van der Waals surface area contributed by atoms with E-state index in [2.05, 4.69) is 11.9 Å². The van der Waals surface area contributed by atoms with E-state index < -0.39 is 5.97 Å². The monoisotopic (exact) mass is 468 g/mol. The van der Waals surface area contributed by atoms with Crippen molar-refractivity contribution in [3.05, 3.63) is 70.2 Å². The molecule has 2 heterocycles. The van der Waals surface area contributed by atoms with Crippen LogP contribution in [-0.2, 0) is 16.1 Å². The molecule has 1 amide bonds. The lowest BCUT2D eigenvalue weighted by Gasteiger charge is -2.22. The van der Waals surface area contributed by atoms with E-state index in [1.165, 1.54) is 0 Å². The molecule has 1 atom stereocenters. The van der Waals surface area contributed by atoms with Crippen LogP contribution in [0.1, 0.15) is 34.4 Å². The summed E-state index contributed by atoms with van der Waals surface area (Å²) in [5, 5.41) is 3.37. The zero-order valence-corrected chi connectivity index (χ0v) is 19.6. The highest BCUT2D eigenvalue weighted by molar-refractivity contribution is 8.00. The van der Waals surface area contributed by atoms with Crippen LogP contribution in [-0.4, -0.2) is 35.3 Å². The Balaban J connectivity index is 1.33. The minimum atomic E-state index is -0.536. The van der Waals surface area contributed by atoms with Crippen LogP contribution in [0.25, 0.3) is 0 Å². The maximum absolute atomic E-state index is 12.8. The van der Waals surface area contributed by atoms with Gasteiger partial charge in [0.25, 0.3) is 5.91 Å². The fraction of sp³-hybridized carbons (Fsp3) is 0.292. The van der Waals surface area contributed by atoms with Crippen molar-refractivity contribution in [2.24, 2.45) is 0 Å².